The number of para-hydroxylation sites is 1. The standard InChI is InChI=1S/C8H8O2/c9-7-4-2-1-3-6(7)8-5-10-8/h1-4,8-9H,5H2. The van der Waals surface area contributed by atoms with Gasteiger partial charge in [-0.05, 0) is 6.07 Å². The van der Waals surface area contributed by atoms with Crippen LogP contribution in [0.5, 0.6) is 5.75 Å². The lowest BCUT2D eigenvalue weighted by Crippen LogP contribution is -1.79. The van der Waals surface area contributed by atoms with Crippen molar-refractivity contribution >= 4 is 0 Å². The molecule has 1 atom stereocenters. The quantitative estimate of drug-likeness (QED) is 0.593. The van der Waals surface area contributed by atoms with E-state index >= 15 is 0 Å². The molecule has 52 valence electrons. The van der Waals surface area contributed by atoms with Crippen LogP contribution in [-0.4, -0.2) is 11.7 Å². The molecule has 10 heavy (non-hydrogen) atoms. The molecule has 0 aromatic heterocycles. The van der Waals surface area contributed by atoms with E-state index in [4.69, 9.17) is 4.74 Å². The van der Waals surface area contributed by atoms with E-state index in [-0.39, 0.29) is 6.10 Å². The maximum Gasteiger partial charge on any atom is 0.121 e. The van der Waals surface area contributed by atoms with E-state index in [0.29, 0.717) is 5.75 Å². The van der Waals surface area contributed by atoms with Gasteiger partial charge in [-0.3, -0.25) is 0 Å². The van der Waals surface area contributed by atoms with Crippen molar-refractivity contribution in [2.75, 3.05) is 6.61 Å². The monoisotopic (exact) mass is 136 g/mol. The van der Waals surface area contributed by atoms with Crippen molar-refractivity contribution in [3.63, 3.8) is 0 Å². The van der Waals surface area contributed by atoms with Gasteiger partial charge < -0.3 is 9.84 Å². The summed E-state index contributed by atoms with van der Waals surface area (Å²) in [5, 5.41) is 9.24. The Labute approximate surface area is 59.1 Å². The first-order chi connectivity index (χ1) is 4.88. The van der Waals surface area contributed by atoms with Crippen molar-refractivity contribution in [1.29, 1.82) is 0 Å². The summed E-state index contributed by atoms with van der Waals surface area (Å²) in [6.45, 7) is 0.748. The summed E-state index contributed by atoms with van der Waals surface area (Å²) in [5.41, 5.74) is 0.905. The van der Waals surface area contributed by atoms with Crippen LogP contribution in [0, 0.1) is 0 Å². The van der Waals surface area contributed by atoms with E-state index in [9.17, 15) is 5.11 Å². The average Bonchev–Trinajstić information content (AvgIpc) is 2.71. The molecule has 2 heteroatoms. The van der Waals surface area contributed by atoms with Gasteiger partial charge >= 0.3 is 0 Å². The van der Waals surface area contributed by atoms with Gasteiger partial charge in [0.2, 0.25) is 0 Å². The first-order valence-electron chi connectivity index (χ1n) is 3.27. The maximum atomic E-state index is 9.24. The Kier molecular flexibility index (Phi) is 1.14. The summed E-state index contributed by atoms with van der Waals surface area (Å²) >= 11 is 0. The van der Waals surface area contributed by atoms with Crippen LogP contribution in [0.4, 0.5) is 0 Å². The molecule has 1 saturated heterocycles. The molecule has 0 spiro atoms. The van der Waals surface area contributed by atoms with Crippen LogP contribution < -0.4 is 0 Å². The van der Waals surface area contributed by atoms with E-state index in [1.807, 2.05) is 12.1 Å². The van der Waals surface area contributed by atoms with E-state index in [2.05, 4.69) is 0 Å². The van der Waals surface area contributed by atoms with Crippen LogP contribution in [0.2, 0.25) is 0 Å². The van der Waals surface area contributed by atoms with E-state index in [1.165, 1.54) is 0 Å². The van der Waals surface area contributed by atoms with Crippen LogP contribution in [-0.2, 0) is 4.74 Å². The summed E-state index contributed by atoms with van der Waals surface area (Å²) < 4.78 is 5.02. The Morgan fingerprint density at radius 3 is 2.70 bits per heavy atom. The summed E-state index contributed by atoms with van der Waals surface area (Å²) in [5.74, 6) is 0.338. The van der Waals surface area contributed by atoms with Crippen LogP contribution in [0.1, 0.15) is 11.7 Å². The van der Waals surface area contributed by atoms with Gasteiger partial charge in [0.15, 0.2) is 0 Å². The third kappa shape index (κ3) is 0.866. The lowest BCUT2D eigenvalue weighted by atomic mass is 10.1. The first kappa shape index (κ1) is 5.74. The zero-order chi connectivity index (χ0) is 6.97. The molecule has 1 aliphatic heterocycles. The topological polar surface area (TPSA) is 32.8 Å². The van der Waals surface area contributed by atoms with Crippen molar-refractivity contribution in [2.24, 2.45) is 0 Å². The van der Waals surface area contributed by atoms with Gasteiger partial charge in [-0.2, -0.15) is 0 Å². The molecule has 0 saturated carbocycles. The molecule has 1 fully saturated rings. The fourth-order valence-electron chi connectivity index (χ4n) is 0.987. The predicted molar refractivity (Wildman–Crippen MR) is 36.8 cm³/mol. The number of ether oxygens (including phenoxy) is 1. The largest absolute Gasteiger partial charge is 0.508 e. The number of benzene rings is 1. The highest BCUT2D eigenvalue weighted by Crippen LogP contribution is 2.34. The second-order valence-corrected chi connectivity index (χ2v) is 2.38. The molecular formula is C8H8O2. The fraction of sp³-hybridized carbons (Fsp3) is 0.250. The minimum atomic E-state index is 0.154. The summed E-state index contributed by atoms with van der Waals surface area (Å²) in [6, 6.07) is 7.27. The van der Waals surface area contributed by atoms with Crippen LogP contribution in [0.3, 0.4) is 0 Å². The molecule has 0 amide bonds. The van der Waals surface area contributed by atoms with E-state index < -0.39 is 0 Å². The third-order valence-electron chi connectivity index (χ3n) is 1.62. The number of hydrogen-bond donors (Lipinski definition) is 1. The minimum absolute atomic E-state index is 0.154. The molecule has 2 rings (SSSR count). The van der Waals surface area contributed by atoms with Gasteiger partial charge in [-0.25, -0.2) is 0 Å². The van der Waals surface area contributed by atoms with Gasteiger partial charge in [0, 0.05) is 5.56 Å². The van der Waals surface area contributed by atoms with Gasteiger partial charge in [0.05, 0.1) is 6.61 Å². The van der Waals surface area contributed by atoms with Gasteiger partial charge in [0.1, 0.15) is 11.9 Å². The van der Waals surface area contributed by atoms with Crippen molar-refractivity contribution in [2.45, 2.75) is 6.10 Å². The number of hydrogen-bond acceptors (Lipinski definition) is 2. The van der Waals surface area contributed by atoms with Gasteiger partial charge in [-0.15, -0.1) is 0 Å². The average molecular weight is 136 g/mol. The molecule has 2 nitrogen and oxygen atoms in total. The number of phenols is 1. The van der Waals surface area contributed by atoms with Crippen molar-refractivity contribution in [3.05, 3.63) is 29.8 Å². The van der Waals surface area contributed by atoms with Crippen LogP contribution in [0.25, 0.3) is 0 Å². The van der Waals surface area contributed by atoms with Crippen molar-refractivity contribution < 1.29 is 9.84 Å². The number of phenolic OH excluding ortho intramolecular Hbond substituents is 1. The van der Waals surface area contributed by atoms with Crippen molar-refractivity contribution in [3.8, 4) is 5.75 Å². The Hall–Kier alpha value is -1.02. The highest BCUT2D eigenvalue weighted by molar-refractivity contribution is 5.35. The molecule has 0 aliphatic carbocycles. The lowest BCUT2D eigenvalue weighted by molar-refractivity contribution is 0.401. The molecule has 1 heterocycles. The number of aromatic hydroxyl groups is 1. The third-order valence-corrected chi connectivity index (χ3v) is 1.62. The Morgan fingerprint density at radius 1 is 1.40 bits per heavy atom. The summed E-state index contributed by atoms with van der Waals surface area (Å²) in [4.78, 5) is 0. The molecular weight excluding hydrogens is 128 g/mol. The molecule has 1 N–H and O–H groups in total. The smallest absolute Gasteiger partial charge is 0.121 e. The van der Waals surface area contributed by atoms with E-state index in [1.54, 1.807) is 12.1 Å². The number of rotatable bonds is 1. The van der Waals surface area contributed by atoms with E-state index in [0.717, 1.165) is 12.2 Å². The Morgan fingerprint density at radius 2 is 2.10 bits per heavy atom. The van der Waals surface area contributed by atoms with Gasteiger partial charge in [-0.1, -0.05) is 18.2 Å². The molecule has 1 aliphatic rings. The second-order valence-electron chi connectivity index (χ2n) is 2.38. The van der Waals surface area contributed by atoms with Gasteiger partial charge in [0.25, 0.3) is 0 Å². The zero-order valence-electron chi connectivity index (χ0n) is 5.45. The maximum absolute atomic E-state index is 9.24. The Balaban J connectivity index is 2.39. The predicted octanol–water partition coefficient (Wildman–Crippen LogP) is 1.46. The fourth-order valence-corrected chi connectivity index (χ4v) is 0.987. The summed E-state index contributed by atoms with van der Waals surface area (Å²) in [7, 11) is 0. The van der Waals surface area contributed by atoms with Crippen LogP contribution in [0.15, 0.2) is 24.3 Å². The first-order valence-corrected chi connectivity index (χ1v) is 3.27. The molecule has 0 bridgehead atoms. The van der Waals surface area contributed by atoms with Crippen LogP contribution >= 0.6 is 0 Å². The lowest BCUT2D eigenvalue weighted by Gasteiger charge is -1.96. The zero-order valence-corrected chi connectivity index (χ0v) is 5.45. The number of epoxide rings is 1. The highest BCUT2D eigenvalue weighted by atomic mass is 16.6. The molecule has 1 aromatic carbocycles. The minimum Gasteiger partial charge on any atom is -0.508 e. The Bertz CT molecular complexity index is 241. The summed E-state index contributed by atoms with van der Waals surface area (Å²) in [6.07, 6.45) is 0.154. The highest BCUT2D eigenvalue weighted by Gasteiger charge is 2.26. The SMILES string of the molecule is Oc1ccccc1C1CO1. The molecule has 0 radical (unpaired) electrons. The molecule has 1 aromatic rings. The normalized spacial score (nSPS) is 22.6. The molecule has 1 unspecified atom stereocenters. The second kappa shape index (κ2) is 1.99. The van der Waals surface area contributed by atoms with Crippen molar-refractivity contribution in [1.82, 2.24) is 0 Å².